The first-order valence-corrected chi connectivity index (χ1v) is 11.2. The van der Waals surface area contributed by atoms with Crippen LogP contribution in [0, 0.1) is 0 Å². The van der Waals surface area contributed by atoms with Gasteiger partial charge < -0.3 is 4.74 Å². The number of halogens is 1. The van der Waals surface area contributed by atoms with Crippen LogP contribution in [0.4, 0.5) is 4.20 Å². The van der Waals surface area contributed by atoms with Crippen molar-refractivity contribution in [2.75, 3.05) is 7.11 Å². The van der Waals surface area contributed by atoms with E-state index in [1.807, 2.05) is 0 Å². The maximum Gasteiger partial charge on any atom is 0.507 e. The fraction of sp³-hybridized carbons (Fsp3) is 0.571. The summed E-state index contributed by atoms with van der Waals surface area (Å²) < 4.78 is 23.6. The zero-order valence-corrected chi connectivity index (χ0v) is 18.0. The maximum atomic E-state index is 10.9. The van der Waals surface area contributed by atoms with Crippen molar-refractivity contribution in [3.05, 3.63) is 48.6 Å². The SMILES string of the molecule is CCCCCC=CCC=CCC=CCC=CCCCC(=O)OC.O=P(O)(O)F. The Morgan fingerprint density at radius 1 is 0.857 bits per heavy atom. The Hall–Kier alpha value is -1.49. The quantitative estimate of drug-likeness (QED) is 0.149. The van der Waals surface area contributed by atoms with Crippen LogP contribution in [0.3, 0.4) is 0 Å². The second-order valence-corrected chi connectivity index (χ2v) is 6.98. The van der Waals surface area contributed by atoms with Crippen LogP contribution in [0.2, 0.25) is 0 Å². The number of carbonyl (C=O) groups excluding carboxylic acids is 1. The van der Waals surface area contributed by atoms with Crippen LogP contribution in [-0.2, 0) is 14.1 Å². The molecule has 0 aromatic rings. The van der Waals surface area contributed by atoms with Gasteiger partial charge in [-0.3, -0.25) is 14.6 Å². The second-order valence-electron chi connectivity index (χ2n) is 6.03. The number of rotatable bonds is 14. The number of hydrogen-bond acceptors (Lipinski definition) is 3. The minimum Gasteiger partial charge on any atom is -0.469 e. The molecule has 0 rings (SSSR count). The van der Waals surface area contributed by atoms with Gasteiger partial charge in [0, 0.05) is 6.42 Å². The number of ether oxygens (including phenoxy) is 1. The zero-order chi connectivity index (χ0) is 21.5. The maximum absolute atomic E-state index is 10.9. The van der Waals surface area contributed by atoms with Crippen molar-refractivity contribution < 1.29 is 28.1 Å². The van der Waals surface area contributed by atoms with Crippen molar-refractivity contribution in [2.24, 2.45) is 0 Å². The predicted octanol–water partition coefficient (Wildman–Crippen LogP) is 6.35. The number of hydrogen-bond donors (Lipinski definition) is 2. The highest BCUT2D eigenvalue weighted by Crippen LogP contribution is 2.35. The molecule has 0 unspecified atom stereocenters. The molecule has 162 valence electrons. The third kappa shape index (κ3) is 35.6. The van der Waals surface area contributed by atoms with E-state index in [4.69, 9.17) is 14.4 Å². The first-order valence-electron chi connectivity index (χ1n) is 9.73. The highest BCUT2D eigenvalue weighted by atomic mass is 31.2. The van der Waals surface area contributed by atoms with E-state index in [0.29, 0.717) is 6.42 Å². The van der Waals surface area contributed by atoms with Crippen LogP contribution in [0.1, 0.15) is 71.1 Å². The van der Waals surface area contributed by atoms with Crippen molar-refractivity contribution in [2.45, 2.75) is 71.1 Å². The summed E-state index contributed by atoms with van der Waals surface area (Å²) in [5.41, 5.74) is 0. The molecule has 28 heavy (non-hydrogen) atoms. The Bertz CT molecular complexity index is 513. The van der Waals surface area contributed by atoms with Crippen molar-refractivity contribution in [3.63, 3.8) is 0 Å². The molecule has 0 radical (unpaired) electrons. The van der Waals surface area contributed by atoms with Crippen LogP contribution in [0.15, 0.2) is 48.6 Å². The minimum atomic E-state index is -5.14. The molecule has 5 nitrogen and oxygen atoms in total. The Morgan fingerprint density at radius 3 is 1.64 bits per heavy atom. The lowest BCUT2D eigenvalue weighted by atomic mass is 10.2. The second kappa shape index (κ2) is 21.8. The average Bonchev–Trinajstić information content (AvgIpc) is 2.62. The molecule has 0 aliphatic rings. The number of esters is 1. The van der Waals surface area contributed by atoms with Gasteiger partial charge in [0.15, 0.2) is 0 Å². The Balaban J connectivity index is 0. The number of carbonyl (C=O) groups is 1. The topological polar surface area (TPSA) is 83.8 Å². The summed E-state index contributed by atoms with van der Waals surface area (Å²) in [6.45, 7) is 2.24. The van der Waals surface area contributed by atoms with Gasteiger partial charge in [0.05, 0.1) is 7.11 Å². The van der Waals surface area contributed by atoms with Gasteiger partial charge in [-0.25, -0.2) is 4.57 Å². The standard InChI is InChI=1S/C21H34O2.FH2O3P/c1-3-4-5-6-7-8-9-10-11-12-13-14-15-16-17-18-19-20-21(22)23-2;1-5(2,3)4/h7-8,10-11,13-14,16-17H,3-6,9,12,15,18-20H2,1-2H3;(H2,2,3,4). The average molecular weight is 418 g/mol. The van der Waals surface area contributed by atoms with Crippen molar-refractivity contribution in [1.29, 1.82) is 0 Å². The molecule has 2 N–H and O–H groups in total. The highest BCUT2D eigenvalue weighted by molar-refractivity contribution is 7.45. The molecular weight excluding hydrogens is 382 g/mol. The third-order valence-electron chi connectivity index (χ3n) is 3.44. The lowest BCUT2D eigenvalue weighted by Crippen LogP contribution is -1.98. The molecule has 0 atom stereocenters. The van der Waals surface area contributed by atoms with Gasteiger partial charge in [-0.2, -0.15) is 0 Å². The van der Waals surface area contributed by atoms with E-state index in [1.54, 1.807) is 0 Å². The zero-order valence-electron chi connectivity index (χ0n) is 17.1. The van der Waals surface area contributed by atoms with Gasteiger partial charge in [0.25, 0.3) is 0 Å². The fourth-order valence-corrected chi connectivity index (χ4v) is 2.03. The molecule has 0 aromatic carbocycles. The molecule has 0 amide bonds. The fourth-order valence-electron chi connectivity index (χ4n) is 2.03. The minimum absolute atomic E-state index is 0.124. The molecule has 0 saturated heterocycles. The molecule has 0 saturated carbocycles. The molecule has 0 aliphatic carbocycles. The van der Waals surface area contributed by atoms with Gasteiger partial charge in [-0.1, -0.05) is 68.4 Å². The molecule has 0 fully saturated rings. The van der Waals surface area contributed by atoms with Gasteiger partial charge in [-0.05, 0) is 44.9 Å². The lowest BCUT2D eigenvalue weighted by molar-refractivity contribution is -0.140. The van der Waals surface area contributed by atoms with E-state index < -0.39 is 7.91 Å². The third-order valence-corrected chi connectivity index (χ3v) is 3.44. The van der Waals surface area contributed by atoms with Crippen molar-refractivity contribution >= 4 is 13.9 Å². The molecular formula is C21H36FO5P. The van der Waals surface area contributed by atoms with E-state index in [1.165, 1.54) is 32.8 Å². The van der Waals surface area contributed by atoms with Crippen LogP contribution in [-0.4, -0.2) is 22.9 Å². The summed E-state index contributed by atoms with van der Waals surface area (Å²) in [7, 11) is -3.71. The summed E-state index contributed by atoms with van der Waals surface area (Å²) in [5.74, 6) is -0.124. The van der Waals surface area contributed by atoms with Crippen LogP contribution < -0.4 is 0 Å². The van der Waals surface area contributed by atoms with E-state index in [2.05, 4.69) is 60.3 Å². The molecule has 0 spiro atoms. The van der Waals surface area contributed by atoms with E-state index in [-0.39, 0.29) is 5.97 Å². The first kappa shape index (κ1) is 28.7. The van der Waals surface area contributed by atoms with E-state index in [0.717, 1.165) is 32.1 Å². The molecule has 0 aromatic heterocycles. The van der Waals surface area contributed by atoms with Crippen molar-refractivity contribution in [1.82, 2.24) is 0 Å². The van der Waals surface area contributed by atoms with Crippen LogP contribution >= 0.6 is 7.91 Å². The van der Waals surface area contributed by atoms with Gasteiger partial charge >= 0.3 is 13.9 Å². The Morgan fingerprint density at radius 2 is 1.25 bits per heavy atom. The normalized spacial score (nSPS) is 12.2. The van der Waals surface area contributed by atoms with E-state index in [9.17, 15) is 8.99 Å². The summed E-state index contributed by atoms with van der Waals surface area (Å²) >= 11 is 0. The number of allylic oxidation sites excluding steroid dienone is 8. The Kier molecular flexibility index (Phi) is 22.4. The van der Waals surface area contributed by atoms with Crippen molar-refractivity contribution in [3.8, 4) is 0 Å². The number of methoxy groups -OCH3 is 1. The Labute approximate surface area is 169 Å². The van der Waals surface area contributed by atoms with Crippen LogP contribution in [0.25, 0.3) is 0 Å². The summed E-state index contributed by atoms with van der Waals surface area (Å²) in [6, 6.07) is 0. The van der Waals surface area contributed by atoms with E-state index >= 15 is 0 Å². The summed E-state index contributed by atoms with van der Waals surface area (Å²) in [5, 5.41) is 0. The monoisotopic (exact) mass is 418 g/mol. The first-order chi connectivity index (χ1) is 13.3. The largest absolute Gasteiger partial charge is 0.507 e. The highest BCUT2D eigenvalue weighted by Gasteiger charge is 2.04. The smallest absolute Gasteiger partial charge is 0.469 e. The molecule has 7 heteroatoms. The lowest BCUT2D eigenvalue weighted by Gasteiger charge is -1.95. The van der Waals surface area contributed by atoms with Gasteiger partial charge in [0.2, 0.25) is 0 Å². The van der Waals surface area contributed by atoms with Gasteiger partial charge in [-0.15, -0.1) is 4.20 Å². The summed E-state index contributed by atoms with van der Waals surface area (Å²) in [4.78, 5) is 24.8. The number of unbranched alkanes of at least 4 members (excludes halogenated alkanes) is 4. The van der Waals surface area contributed by atoms with Gasteiger partial charge in [0.1, 0.15) is 0 Å². The summed E-state index contributed by atoms with van der Waals surface area (Å²) in [6.07, 6.45) is 28.1. The molecule has 0 aliphatic heterocycles. The van der Waals surface area contributed by atoms with Crippen LogP contribution in [0.5, 0.6) is 0 Å². The molecule has 0 bridgehead atoms. The predicted molar refractivity (Wildman–Crippen MR) is 114 cm³/mol. The molecule has 0 heterocycles.